The van der Waals surface area contributed by atoms with Gasteiger partial charge in [0.05, 0.1) is 66.8 Å². The summed E-state index contributed by atoms with van der Waals surface area (Å²) < 4.78 is 67.2. The van der Waals surface area contributed by atoms with Gasteiger partial charge in [-0.05, 0) is 142 Å². The summed E-state index contributed by atoms with van der Waals surface area (Å²) in [5.41, 5.74) is -3.06. The molecule has 0 aromatic heterocycles. The molecule has 616 valence electrons. The van der Waals surface area contributed by atoms with Crippen LogP contribution in [-0.4, -0.2) is 142 Å². The van der Waals surface area contributed by atoms with Gasteiger partial charge in [-0.3, -0.25) is 19.2 Å². The van der Waals surface area contributed by atoms with Crippen molar-refractivity contribution < 1.29 is 81.9 Å². The standard InChI is InChI=1S/C46H76O8.C45H74O9/c1-16-37-46(49,24-36-20-18-17-19-21-36)33(9)30(6)39(47)27(3)23-45(14,15)41(54-43-29(5)26(2)22-28(4)50-43)31(7)40(32(8)42(48)52-37)53-38-25-44(12,13)34(10)35(11)51-38;1-15-35-45(49,23-34-19-17-16-18-20-34)39(47)29(6)37(46)26(3)22-44(13,14)40(54-42-28(5)25(2)21-27(4)50-42)30(7)38(31(8)41(48)52-35)53-36-24-43(11,12)32(9)33(10)51-36/h17-21,26-35,37-38,40-41,43,49H,16,22-25H2,1-15H3;16-20,25-33,35-36,38-40,42,47,49H,15,21-24H2,1-14H3/t26-,27+,28+,29+,30+,31-,32+,33+,34-,35-,37+,38?,40-,41+,43?,46-;25-,26+,27+,28+,29-,30-,31+,32-,33-,35+,36?,38-,39+,40+,42?,45+/m00/s1. The molecule has 2 aromatic carbocycles. The van der Waals surface area contributed by atoms with Gasteiger partial charge in [-0.1, -0.05) is 220 Å². The molecule has 6 heterocycles. The van der Waals surface area contributed by atoms with Crippen LogP contribution >= 0.6 is 0 Å². The average Bonchev–Trinajstić information content (AvgIpc) is 0.756. The number of carbonyl (C=O) groups excluding carboxylic acids is 4. The molecule has 4 unspecified atom stereocenters. The first-order valence-corrected chi connectivity index (χ1v) is 42.0. The predicted molar refractivity (Wildman–Crippen MR) is 424 cm³/mol. The first-order chi connectivity index (χ1) is 50.1. The smallest absolute Gasteiger partial charge is 0.311 e. The van der Waals surface area contributed by atoms with Crippen LogP contribution in [0, 0.1) is 110 Å². The third-order valence-corrected chi connectivity index (χ3v) is 28.3. The van der Waals surface area contributed by atoms with Gasteiger partial charge >= 0.3 is 11.9 Å². The highest BCUT2D eigenvalue weighted by Crippen LogP contribution is 2.50. The lowest BCUT2D eigenvalue weighted by Gasteiger charge is -2.49. The Morgan fingerprint density at radius 1 is 0.407 bits per heavy atom. The number of ketones is 2. The van der Waals surface area contributed by atoms with Crippen LogP contribution in [0.1, 0.15) is 263 Å². The Kier molecular flexibility index (Phi) is 31.6. The maximum Gasteiger partial charge on any atom is 0.311 e. The fraction of sp³-hybridized carbons (Fsp3) is 0.824. The summed E-state index contributed by atoms with van der Waals surface area (Å²) >= 11 is 0. The molecular formula is C91H150O17. The van der Waals surface area contributed by atoms with Crippen LogP contribution in [0.15, 0.2) is 60.7 Å². The largest absolute Gasteiger partial charge is 0.459 e. The quantitative estimate of drug-likeness (QED) is 0.150. The normalized spacial score (nSPS) is 43.9. The number of carbonyl (C=O) groups is 4. The fourth-order valence-corrected chi connectivity index (χ4v) is 19.9. The fourth-order valence-electron chi connectivity index (χ4n) is 19.9. The highest BCUT2D eigenvalue weighted by molar-refractivity contribution is 5.84. The molecule has 32 atom stereocenters. The van der Waals surface area contributed by atoms with Crippen LogP contribution in [0.3, 0.4) is 0 Å². The van der Waals surface area contributed by atoms with Crippen molar-refractivity contribution in [3.05, 3.63) is 71.8 Å². The zero-order chi connectivity index (χ0) is 81.0. The molecule has 6 saturated heterocycles. The van der Waals surface area contributed by atoms with Gasteiger partial charge in [0.15, 0.2) is 25.2 Å². The molecule has 17 nitrogen and oxygen atoms in total. The van der Waals surface area contributed by atoms with E-state index >= 15 is 0 Å². The summed E-state index contributed by atoms with van der Waals surface area (Å²) in [6.07, 6.45) is -2.90. The zero-order valence-corrected chi connectivity index (χ0v) is 72.2. The number of aliphatic hydroxyl groups is 3. The predicted octanol–water partition coefficient (Wildman–Crippen LogP) is 17.6. The number of ether oxygens (including phenoxy) is 10. The highest BCUT2D eigenvalue weighted by atomic mass is 16.7. The minimum absolute atomic E-state index is 0.00357. The van der Waals surface area contributed by atoms with E-state index in [0.29, 0.717) is 55.8 Å². The van der Waals surface area contributed by atoms with E-state index < -0.39 is 137 Å². The van der Waals surface area contributed by atoms with E-state index in [1.807, 2.05) is 116 Å². The maximum absolute atomic E-state index is 14.6. The van der Waals surface area contributed by atoms with Gasteiger partial charge in [0.25, 0.3) is 0 Å². The van der Waals surface area contributed by atoms with E-state index in [1.54, 1.807) is 6.92 Å². The van der Waals surface area contributed by atoms with E-state index in [-0.39, 0.29) is 95.7 Å². The van der Waals surface area contributed by atoms with Crippen molar-refractivity contribution in [2.75, 3.05) is 0 Å². The lowest BCUT2D eigenvalue weighted by molar-refractivity contribution is -0.294. The molecule has 6 aliphatic rings. The number of cyclic esters (lactones) is 2. The average molecular weight is 1520 g/mol. The van der Waals surface area contributed by atoms with Gasteiger partial charge in [0.2, 0.25) is 0 Å². The number of esters is 2. The number of Topliss-reactive ketones (excluding diaryl/α,β-unsaturated/α-hetero) is 2. The second kappa shape index (κ2) is 37.3. The molecule has 0 radical (unpaired) electrons. The lowest BCUT2D eigenvalue weighted by Crippen LogP contribution is -2.60. The van der Waals surface area contributed by atoms with E-state index in [4.69, 9.17) is 47.4 Å². The molecule has 0 amide bonds. The van der Waals surface area contributed by atoms with Crippen molar-refractivity contribution >= 4 is 23.5 Å². The Morgan fingerprint density at radius 2 is 0.750 bits per heavy atom. The Morgan fingerprint density at radius 3 is 1.10 bits per heavy atom. The van der Waals surface area contributed by atoms with Crippen molar-refractivity contribution in [3.63, 3.8) is 0 Å². The van der Waals surface area contributed by atoms with Crippen LogP contribution < -0.4 is 0 Å². The van der Waals surface area contributed by atoms with Gasteiger partial charge in [0.1, 0.15) is 35.0 Å². The van der Waals surface area contributed by atoms with E-state index in [0.717, 1.165) is 24.0 Å². The summed E-state index contributed by atoms with van der Waals surface area (Å²) in [5.74, 6) is -4.44. The number of benzene rings is 2. The van der Waals surface area contributed by atoms with E-state index in [2.05, 4.69) is 138 Å². The summed E-state index contributed by atoms with van der Waals surface area (Å²) in [5, 5.41) is 37.4. The molecule has 6 aliphatic heterocycles. The lowest BCUT2D eigenvalue weighted by atomic mass is 9.67. The Hall–Kier alpha value is -3.72. The van der Waals surface area contributed by atoms with Gasteiger partial charge < -0.3 is 62.7 Å². The molecule has 17 heteroatoms. The van der Waals surface area contributed by atoms with Gasteiger partial charge in [0, 0.05) is 73.0 Å². The number of aliphatic hydroxyl groups excluding tert-OH is 1. The molecule has 0 saturated carbocycles. The third kappa shape index (κ3) is 21.2. The summed E-state index contributed by atoms with van der Waals surface area (Å²) in [6.45, 7) is 60.1. The number of rotatable bonds is 14. The van der Waals surface area contributed by atoms with Gasteiger partial charge in [-0.25, -0.2) is 0 Å². The van der Waals surface area contributed by atoms with Gasteiger partial charge in [-0.15, -0.1) is 0 Å². The van der Waals surface area contributed by atoms with Crippen LogP contribution in [0.4, 0.5) is 0 Å². The summed E-state index contributed by atoms with van der Waals surface area (Å²) in [4.78, 5) is 58.1. The zero-order valence-electron chi connectivity index (χ0n) is 72.2. The van der Waals surface area contributed by atoms with Crippen molar-refractivity contribution in [3.8, 4) is 0 Å². The van der Waals surface area contributed by atoms with Crippen LogP contribution in [0.5, 0.6) is 0 Å². The molecule has 6 fully saturated rings. The first kappa shape index (κ1) is 91.5. The molecule has 8 rings (SSSR count). The first-order valence-electron chi connectivity index (χ1n) is 42.0. The molecule has 0 bridgehead atoms. The third-order valence-electron chi connectivity index (χ3n) is 28.3. The van der Waals surface area contributed by atoms with Crippen molar-refractivity contribution in [1.29, 1.82) is 0 Å². The minimum Gasteiger partial charge on any atom is -0.459 e. The molecule has 0 spiro atoms. The summed E-state index contributed by atoms with van der Waals surface area (Å²) in [7, 11) is 0. The van der Waals surface area contributed by atoms with E-state index in [1.165, 1.54) is 0 Å². The Balaban J connectivity index is 0.000000301. The second-order valence-electron chi connectivity index (χ2n) is 38.7. The van der Waals surface area contributed by atoms with Crippen molar-refractivity contribution in [2.45, 2.75) is 369 Å². The molecular weight excluding hydrogens is 1360 g/mol. The van der Waals surface area contributed by atoms with Crippen LogP contribution in [-0.2, 0) is 79.4 Å². The Bertz CT molecular complexity index is 2970. The van der Waals surface area contributed by atoms with Crippen molar-refractivity contribution in [2.24, 2.45) is 110 Å². The van der Waals surface area contributed by atoms with E-state index in [9.17, 15) is 34.5 Å². The molecule has 108 heavy (non-hydrogen) atoms. The van der Waals surface area contributed by atoms with Gasteiger partial charge in [-0.2, -0.15) is 0 Å². The highest BCUT2D eigenvalue weighted by Gasteiger charge is 2.56. The van der Waals surface area contributed by atoms with Crippen LogP contribution in [0.25, 0.3) is 0 Å². The maximum atomic E-state index is 14.6. The minimum atomic E-state index is -1.95. The molecule has 2 aromatic rings. The van der Waals surface area contributed by atoms with Crippen LogP contribution in [0.2, 0.25) is 0 Å². The van der Waals surface area contributed by atoms with Crippen molar-refractivity contribution in [1.82, 2.24) is 0 Å². The monoisotopic (exact) mass is 1520 g/mol. The summed E-state index contributed by atoms with van der Waals surface area (Å²) in [6, 6.07) is 19.1. The Labute approximate surface area is 652 Å². The number of hydrogen-bond acceptors (Lipinski definition) is 17. The number of hydrogen-bond donors (Lipinski definition) is 3. The molecule has 0 aliphatic carbocycles. The topological polar surface area (TPSA) is 221 Å². The second-order valence-corrected chi connectivity index (χ2v) is 38.7. The molecule has 3 N–H and O–H groups in total. The SMILES string of the molecule is CC[C@H]1OC(=O)[C@H](C)[C@@H](OC2CC(C)(C)[C@@H](C)[C@H](C)O2)[C@H](C)[C@@H](OC2O[C@H](C)C[C@H](C)[C@H]2C)C(C)(C)C[C@@H](C)C(=O)[C@H](C)[C@@H](C)[C@@]1(O)Cc1ccccc1.CC[C@H]1OC(=O)[C@H](C)[C@@H](OC2CC(C)(C)[C@@H](C)[C@H](C)O2)[C@H](C)[C@@H](OC2O[C@H](C)C[C@H](C)[C@H]2C)C(C)(C)C[C@@H](C)C(=O)[C@H](C)[C@@H](O)[C@@]1(O)Cc1ccccc1.